The zero-order valence-electron chi connectivity index (χ0n) is 12.4. The summed E-state index contributed by atoms with van der Waals surface area (Å²) in [7, 11) is 0. The Morgan fingerprint density at radius 1 is 1.18 bits per heavy atom. The quantitative estimate of drug-likeness (QED) is 0.742. The lowest BCUT2D eigenvalue weighted by molar-refractivity contribution is 0.195. The fraction of sp³-hybridized carbons (Fsp3) is 1.00. The minimum atomic E-state index is 0.381. The summed E-state index contributed by atoms with van der Waals surface area (Å²) in [5.74, 6) is 0. The van der Waals surface area contributed by atoms with Crippen LogP contribution in [0.1, 0.15) is 59.8 Å². The van der Waals surface area contributed by atoms with Crippen LogP contribution in [-0.4, -0.2) is 37.1 Å². The van der Waals surface area contributed by atoms with Crippen LogP contribution >= 0.6 is 0 Å². The van der Waals surface area contributed by atoms with E-state index < -0.39 is 0 Å². The number of nitrogens with one attached hydrogen (secondary N) is 1. The minimum absolute atomic E-state index is 0.381. The van der Waals surface area contributed by atoms with Crippen LogP contribution in [0, 0.1) is 5.41 Å². The number of hydrogen-bond donors (Lipinski definition) is 1. The molecule has 1 heterocycles. The summed E-state index contributed by atoms with van der Waals surface area (Å²) in [6, 6.07) is 0.649. The van der Waals surface area contributed by atoms with E-state index in [0.29, 0.717) is 11.5 Å². The predicted octanol–water partition coefficient (Wildman–Crippen LogP) is 3.28. The van der Waals surface area contributed by atoms with Crippen LogP contribution in [0.4, 0.5) is 0 Å². The lowest BCUT2D eigenvalue weighted by atomic mass is 9.86. The summed E-state index contributed by atoms with van der Waals surface area (Å²) >= 11 is 0. The SMILES string of the molecule is CCCCCCN1CCCNC(C(C)(C)C)C1. The molecular formula is C15H32N2. The average Bonchev–Trinajstić information content (AvgIpc) is 2.49. The number of unbranched alkanes of at least 4 members (excludes halogenated alkanes) is 3. The first-order valence-electron chi connectivity index (χ1n) is 7.49. The van der Waals surface area contributed by atoms with E-state index in [0.717, 1.165) is 0 Å². The highest BCUT2D eigenvalue weighted by Gasteiger charge is 2.27. The van der Waals surface area contributed by atoms with Crippen LogP contribution in [-0.2, 0) is 0 Å². The Bertz CT molecular complexity index is 196. The van der Waals surface area contributed by atoms with E-state index in [1.54, 1.807) is 0 Å². The van der Waals surface area contributed by atoms with Gasteiger partial charge in [-0.25, -0.2) is 0 Å². The van der Waals surface area contributed by atoms with Gasteiger partial charge in [0.15, 0.2) is 0 Å². The van der Waals surface area contributed by atoms with Crippen molar-refractivity contribution < 1.29 is 0 Å². The number of nitrogens with zero attached hydrogens (tertiary/aromatic N) is 1. The fourth-order valence-corrected chi connectivity index (χ4v) is 2.54. The molecule has 2 heteroatoms. The van der Waals surface area contributed by atoms with Crippen molar-refractivity contribution in [2.24, 2.45) is 5.41 Å². The third-order valence-electron chi connectivity index (χ3n) is 3.86. The summed E-state index contributed by atoms with van der Waals surface area (Å²) in [6.45, 7) is 14.3. The van der Waals surface area contributed by atoms with E-state index >= 15 is 0 Å². The Morgan fingerprint density at radius 3 is 2.59 bits per heavy atom. The molecule has 1 N–H and O–H groups in total. The predicted molar refractivity (Wildman–Crippen MR) is 76.4 cm³/mol. The van der Waals surface area contributed by atoms with Crippen molar-refractivity contribution in [1.82, 2.24) is 10.2 Å². The maximum absolute atomic E-state index is 3.71. The molecule has 0 saturated carbocycles. The first kappa shape index (κ1) is 15.0. The molecule has 0 bridgehead atoms. The maximum Gasteiger partial charge on any atom is 0.0243 e. The smallest absolute Gasteiger partial charge is 0.0243 e. The molecule has 2 nitrogen and oxygen atoms in total. The first-order chi connectivity index (χ1) is 8.04. The van der Waals surface area contributed by atoms with Gasteiger partial charge in [-0.2, -0.15) is 0 Å². The highest BCUT2D eigenvalue weighted by Crippen LogP contribution is 2.21. The third-order valence-corrected chi connectivity index (χ3v) is 3.86. The van der Waals surface area contributed by atoms with Crippen LogP contribution in [0.2, 0.25) is 0 Å². The Kier molecular flexibility index (Phi) is 6.50. The number of rotatable bonds is 5. The Balaban J connectivity index is 2.33. The van der Waals surface area contributed by atoms with Crippen molar-refractivity contribution in [2.45, 2.75) is 65.8 Å². The molecule has 0 radical (unpaired) electrons. The summed E-state index contributed by atoms with van der Waals surface area (Å²) in [4.78, 5) is 2.67. The molecule has 1 fully saturated rings. The molecule has 0 aromatic heterocycles. The van der Waals surface area contributed by atoms with Crippen LogP contribution in [0.25, 0.3) is 0 Å². The van der Waals surface area contributed by atoms with Crippen molar-refractivity contribution in [1.29, 1.82) is 0 Å². The topological polar surface area (TPSA) is 15.3 Å². The molecular weight excluding hydrogens is 208 g/mol. The van der Waals surface area contributed by atoms with Crippen molar-refractivity contribution in [3.8, 4) is 0 Å². The van der Waals surface area contributed by atoms with E-state index in [1.165, 1.54) is 58.3 Å². The normalized spacial score (nSPS) is 23.6. The molecule has 1 aliphatic heterocycles. The molecule has 1 rings (SSSR count). The second-order valence-electron chi connectivity index (χ2n) is 6.59. The second-order valence-corrected chi connectivity index (χ2v) is 6.59. The third kappa shape index (κ3) is 5.87. The molecule has 102 valence electrons. The standard InChI is InChI=1S/C15H32N2/c1-5-6-7-8-11-17-12-9-10-16-14(13-17)15(2,3)4/h14,16H,5-13H2,1-4H3. The van der Waals surface area contributed by atoms with Crippen LogP contribution < -0.4 is 5.32 Å². The van der Waals surface area contributed by atoms with E-state index in [9.17, 15) is 0 Å². The van der Waals surface area contributed by atoms with Gasteiger partial charge in [-0.3, -0.25) is 0 Å². The first-order valence-corrected chi connectivity index (χ1v) is 7.49. The van der Waals surface area contributed by atoms with Gasteiger partial charge in [0.2, 0.25) is 0 Å². The highest BCUT2D eigenvalue weighted by molar-refractivity contribution is 4.85. The van der Waals surface area contributed by atoms with Gasteiger partial charge in [0.1, 0.15) is 0 Å². The van der Waals surface area contributed by atoms with Crippen molar-refractivity contribution in [3.63, 3.8) is 0 Å². The van der Waals surface area contributed by atoms with Gasteiger partial charge in [-0.1, -0.05) is 47.0 Å². The average molecular weight is 240 g/mol. The molecule has 0 amide bonds. The Hall–Kier alpha value is -0.0800. The largest absolute Gasteiger partial charge is 0.312 e. The molecule has 0 aromatic carbocycles. The van der Waals surface area contributed by atoms with Gasteiger partial charge in [-0.05, 0) is 37.9 Å². The molecule has 1 saturated heterocycles. The number of hydrogen-bond acceptors (Lipinski definition) is 2. The Morgan fingerprint density at radius 2 is 1.94 bits per heavy atom. The lowest BCUT2D eigenvalue weighted by Crippen LogP contribution is -2.46. The van der Waals surface area contributed by atoms with Gasteiger partial charge in [0.25, 0.3) is 0 Å². The molecule has 1 unspecified atom stereocenters. The van der Waals surface area contributed by atoms with Gasteiger partial charge in [-0.15, -0.1) is 0 Å². The van der Waals surface area contributed by atoms with Crippen LogP contribution in [0.15, 0.2) is 0 Å². The van der Waals surface area contributed by atoms with E-state index in [-0.39, 0.29) is 0 Å². The van der Waals surface area contributed by atoms with Crippen LogP contribution in [0.5, 0.6) is 0 Å². The monoisotopic (exact) mass is 240 g/mol. The lowest BCUT2D eigenvalue weighted by Gasteiger charge is -2.33. The highest BCUT2D eigenvalue weighted by atomic mass is 15.2. The summed E-state index contributed by atoms with van der Waals surface area (Å²) in [5, 5.41) is 3.71. The fourth-order valence-electron chi connectivity index (χ4n) is 2.54. The van der Waals surface area contributed by atoms with E-state index in [4.69, 9.17) is 0 Å². The molecule has 17 heavy (non-hydrogen) atoms. The maximum atomic E-state index is 3.71. The van der Waals surface area contributed by atoms with Gasteiger partial charge >= 0.3 is 0 Å². The summed E-state index contributed by atoms with van der Waals surface area (Å²) < 4.78 is 0. The molecule has 1 aliphatic rings. The Labute approximate surface area is 108 Å². The van der Waals surface area contributed by atoms with Crippen molar-refractivity contribution >= 4 is 0 Å². The van der Waals surface area contributed by atoms with Gasteiger partial charge in [0.05, 0.1) is 0 Å². The summed E-state index contributed by atoms with van der Waals surface area (Å²) in [5.41, 5.74) is 0.381. The zero-order valence-corrected chi connectivity index (χ0v) is 12.4. The molecule has 0 aromatic rings. The minimum Gasteiger partial charge on any atom is -0.312 e. The molecule has 0 spiro atoms. The molecule has 1 atom stereocenters. The van der Waals surface area contributed by atoms with Gasteiger partial charge in [0, 0.05) is 12.6 Å². The molecule has 0 aliphatic carbocycles. The van der Waals surface area contributed by atoms with Gasteiger partial charge < -0.3 is 10.2 Å². The zero-order chi connectivity index (χ0) is 12.7. The van der Waals surface area contributed by atoms with E-state index in [1.807, 2.05) is 0 Å². The van der Waals surface area contributed by atoms with Crippen LogP contribution in [0.3, 0.4) is 0 Å². The second kappa shape index (κ2) is 7.38. The van der Waals surface area contributed by atoms with Crippen molar-refractivity contribution in [3.05, 3.63) is 0 Å². The van der Waals surface area contributed by atoms with Crippen molar-refractivity contribution in [2.75, 3.05) is 26.2 Å². The summed E-state index contributed by atoms with van der Waals surface area (Å²) in [6.07, 6.45) is 6.83. The van der Waals surface area contributed by atoms with E-state index in [2.05, 4.69) is 37.9 Å².